The molecular formula is C13H5Br2ClF3. The first kappa shape index (κ1) is 14.9. The van der Waals surface area contributed by atoms with Crippen molar-refractivity contribution in [2.45, 2.75) is 6.18 Å². The Balaban J connectivity index is 2.69. The molecule has 1 radical (unpaired) electrons. The summed E-state index contributed by atoms with van der Waals surface area (Å²) in [4.78, 5) is 0. The van der Waals surface area contributed by atoms with E-state index in [-0.39, 0.29) is 5.02 Å². The molecule has 0 spiro atoms. The maximum atomic E-state index is 12.7. The van der Waals surface area contributed by atoms with Gasteiger partial charge < -0.3 is 0 Å². The monoisotopic (exact) mass is 411 g/mol. The highest BCUT2D eigenvalue weighted by molar-refractivity contribution is 9.11. The first-order chi connectivity index (χ1) is 8.80. The molecule has 6 heteroatoms. The molecule has 0 amide bonds. The molecule has 0 aliphatic heterocycles. The summed E-state index contributed by atoms with van der Waals surface area (Å²) in [7, 11) is 0. The summed E-state index contributed by atoms with van der Waals surface area (Å²) in [5.41, 5.74) is 0.137. The average Bonchev–Trinajstić information content (AvgIpc) is 2.29. The largest absolute Gasteiger partial charge is 0.416 e. The Bertz CT molecular complexity index is 604. The standard InChI is InChI=1S/C13H5Br2ClF3/c14-9-2-1-3-10(15)12(9)8-6-7(13(17,18)19)4-5-11(8)16/h2-6H. The van der Waals surface area contributed by atoms with E-state index in [4.69, 9.17) is 11.6 Å². The maximum absolute atomic E-state index is 12.7. The molecule has 99 valence electrons. The highest BCUT2D eigenvalue weighted by atomic mass is 79.9. The van der Waals surface area contributed by atoms with Crippen LogP contribution in [0.15, 0.2) is 39.3 Å². The molecule has 0 aliphatic rings. The third-order valence-electron chi connectivity index (χ3n) is 2.46. The van der Waals surface area contributed by atoms with Gasteiger partial charge in [0.2, 0.25) is 0 Å². The van der Waals surface area contributed by atoms with E-state index in [0.717, 1.165) is 12.1 Å². The van der Waals surface area contributed by atoms with Crippen molar-refractivity contribution >= 4 is 43.5 Å². The minimum atomic E-state index is -4.40. The first-order valence-electron chi connectivity index (χ1n) is 5.03. The number of hydrogen-bond acceptors (Lipinski definition) is 0. The number of rotatable bonds is 1. The zero-order valence-electron chi connectivity index (χ0n) is 9.15. The summed E-state index contributed by atoms with van der Waals surface area (Å²) in [5, 5.41) is 0.251. The van der Waals surface area contributed by atoms with Gasteiger partial charge in [0, 0.05) is 25.1 Å². The van der Waals surface area contributed by atoms with Gasteiger partial charge in [0.25, 0.3) is 0 Å². The van der Waals surface area contributed by atoms with Gasteiger partial charge in [-0.1, -0.05) is 43.5 Å². The summed E-state index contributed by atoms with van der Waals surface area (Å²) in [6.07, 6.45) is -4.40. The van der Waals surface area contributed by atoms with Crippen molar-refractivity contribution in [3.05, 3.63) is 55.9 Å². The Morgan fingerprint density at radius 2 is 1.63 bits per heavy atom. The summed E-state index contributed by atoms with van der Waals surface area (Å²) in [6, 6.07) is 9.33. The lowest BCUT2D eigenvalue weighted by Crippen LogP contribution is -2.04. The van der Waals surface area contributed by atoms with Gasteiger partial charge >= 0.3 is 6.18 Å². The molecule has 0 heterocycles. The van der Waals surface area contributed by atoms with Crippen LogP contribution < -0.4 is 0 Å². The molecule has 19 heavy (non-hydrogen) atoms. The Hall–Kier alpha value is -0.520. The van der Waals surface area contributed by atoms with Crippen molar-refractivity contribution in [3.8, 4) is 11.1 Å². The smallest absolute Gasteiger partial charge is 0.166 e. The number of halogens is 6. The Morgan fingerprint density at radius 3 is 2.16 bits per heavy atom. The van der Waals surface area contributed by atoms with Gasteiger partial charge in [-0.25, -0.2) is 0 Å². The SMILES string of the molecule is FC(F)(F)c1ccc(Cl)c(-c2c(Br)c[c]cc2Br)c1. The van der Waals surface area contributed by atoms with Crippen molar-refractivity contribution < 1.29 is 13.2 Å². The third-order valence-corrected chi connectivity index (χ3v) is 4.04. The van der Waals surface area contributed by atoms with Crippen molar-refractivity contribution in [1.29, 1.82) is 0 Å². The van der Waals surface area contributed by atoms with Gasteiger partial charge in [-0.05, 0) is 36.4 Å². The Labute approximate surface area is 129 Å². The molecule has 0 aliphatic carbocycles. The molecular weight excluding hydrogens is 408 g/mol. The van der Waals surface area contributed by atoms with Crippen LogP contribution in [0.1, 0.15) is 5.56 Å². The van der Waals surface area contributed by atoms with E-state index in [1.807, 2.05) is 0 Å². The van der Waals surface area contributed by atoms with Crippen LogP contribution in [0.2, 0.25) is 5.02 Å². The van der Waals surface area contributed by atoms with E-state index in [1.165, 1.54) is 6.07 Å². The van der Waals surface area contributed by atoms with E-state index < -0.39 is 11.7 Å². The minimum absolute atomic E-state index is 0.251. The third kappa shape index (κ3) is 3.15. The molecule has 0 bridgehead atoms. The fraction of sp³-hybridized carbons (Fsp3) is 0.0769. The minimum Gasteiger partial charge on any atom is -0.166 e. The highest BCUT2D eigenvalue weighted by Crippen LogP contribution is 2.41. The molecule has 0 aromatic heterocycles. The average molecular weight is 413 g/mol. The molecule has 0 saturated carbocycles. The van der Waals surface area contributed by atoms with Gasteiger partial charge in [-0.15, -0.1) is 0 Å². The van der Waals surface area contributed by atoms with Crippen molar-refractivity contribution in [1.82, 2.24) is 0 Å². The lowest BCUT2D eigenvalue weighted by molar-refractivity contribution is -0.137. The number of alkyl halides is 3. The maximum Gasteiger partial charge on any atom is 0.416 e. The fourth-order valence-electron chi connectivity index (χ4n) is 1.60. The molecule has 2 rings (SSSR count). The summed E-state index contributed by atoms with van der Waals surface area (Å²) >= 11 is 12.6. The predicted molar refractivity (Wildman–Crippen MR) is 76.1 cm³/mol. The quantitative estimate of drug-likeness (QED) is 0.511. The topological polar surface area (TPSA) is 0 Å². The van der Waals surface area contributed by atoms with E-state index in [2.05, 4.69) is 37.9 Å². The number of benzene rings is 2. The van der Waals surface area contributed by atoms with Crippen molar-refractivity contribution in [2.75, 3.05) is 0 Å². The second-order valence-electron chi connectivity index (χ2n) is 3.72. The highest BCUT2D eigenvalue weighted by Gasteiger charge is 2.31. The van der Waals surface area contributed by atoms with E-state index in [1.54, 1.807) is 12.1 Å². The van der Waals surface area contributed by atoms with Gasteiger partial charge in [-0.3, -0.25) is 0 Å². The second kappa shape index (κ2) is 5.46. The number of hydrogen-bond donors (Lipinski definition) is 0. The zero-order chi connectivity index (χ0) is 14.2. The van der Waals surface area contributed by atoms with Crippen LogP contribution >= 0.6 is 43.5 Å². The van der Waals surface area contributed by atoms with Crippen LogP contribution in [-0.4, -0.2) is 0 Å². The second-order valence-corrected chi connectivity index (χ2v) is 5.83. The first-order valence-corrected chi connectivity index (χ1v) is 6.99. The fourth-order valence-corrected chi connectivity index (χ4v) is 3.19. The summed E-state index contributed by atoms with van der Waals surface area (Å²) in [5.74, 6) is 0. The van der Waals surface area contributed by atoms with E-state index >= 15 is 0 Å². The van der Waals surface area contributed by atoms with Crippen LogP contribution in [0.4, 0.5) is 13.2 Å². The molecule has 2 aromatic carbocycles. The Kier molecular flexibility index (Phi) is 4.28. The molecule has 0 unspecified atom stereocenters. The molecule has 2 aromatic rings. The van der Waals surface area contributed by atoms with Gasteiger partial charge in [0.05, 0.1) is 5.56 Å². The summed E-state index contributed by atoms with van der Waals surface area (Å²) < 4.78 is 39.5. The van der Waals surface area contributed by atoms with Crippen LogP contribution in [0.5, 0.6) is 0 Å². The normalized spacial score (nSPS) is 11.7. The lowest BCUT2D eigenvalue weighted by Gasteiger charge is -2.13. The van der Waals surface area contributed by atoms with Gasteiger partial charge in [-0.2, -0.15) is 13.2 Å². The van der Waals surface area contributed by atoms with Crippen LogP contribution in [0, 0.1) is 6.07 Å². The summed E-state index contributed by atoms with van der Waals surface area (Å²) in [6.45, 7) is 0. The van der Waals surface area contributed by atoms with Crippen molar-refractivity contribution in [2.24, 2.45) is 0 Å². The van der Waals surface area contributed by atoms with Gasteiger partial charge in [0.1, 0.15) is 0 Å². The molecule has 0 atom stereocenters. The molecule has 0 N–H and O–H groups in total. The van der Waals surface area contributed by atoms with Crippen molar-refractivity contribution in [3.63, 3.8) is 0 Å². The Morgan fingerprint density at radius 1 is 1.05 bits per heavy atom. The van der Waals surface area contributed by atoms with E-state index in [9.17, 15) is 13.2 Å². The lowest BCUT2D eigenvalue weighted by atomic mass is 10.0. The van der Waals surface area contributed by atoms with E-state index in [0.29, 0.717) is 20.1 Å². The van der Waals surface area contributed by atoms with Crippen LogP contribution in [0.25, 0.3) is 11.1 Å². The van der Waals surface area contributed by atoms with Gasteiger partial charge in [0.15, 0.2) is 0 Å². The van der Waals surface area contributed by atoms with Crippen LogP contribution in [-0.2, 0) is 6.18 Å². The predicted octanol–water partition coefficient (Wildman–Crippen LogP) is 6.35. The van der Waals surface area contributed by atoms with Crippen LogP contribution in [0.3, 0.4) is 0 Å². The molecule has 0 saturated heterocycles. The molecule has 0 fully saturated rings. The zero-order valence-corrected chi connectivity index (χ0v) is 13.1. The molecule has 0 nitrogen and oxygen atoms in total.